The Morgan fingerprint density at radius 3 is 2.62 bits per heavy atom. The molecule has 2 heteroatoms. The van der Waals surface area contributed by atoms with Gasteiger partial charge in [0.05, 0.1) is 12.3 Å². The average molecular weight is 213 g/mol. The van der Waals surface area contributed by atoms with Gasteiger partial charge < -0.3 is 4.74 Å². The largest absolute Gasteiger partial charge is 0.493 e. The average Bonchev–Trinajstić information content (AvgIpc) is 2.38. The highest BCUT2D eigenvalue weighted by molar-refractivity contribution is 5.66. The van der Waals surface area contributed by atoms with Crippen LogP contribution in [0.3, 0.4) is 0 Å². The zero-order valence-corrected chi connectivity index (χ0v) is 9.39. The number of nitrogens with zero attached hydrogens (tertiary/aromatic N) is 1. The van der Waals surface area contributed by atoms with Crippen LogP contribution >= 0.6 is 0 Å². The zero-order chi connectivity index (χ0) is 11.2. The molecule has 0 aliphatic carbocycles. The molecule has 1 heterocycles. The molecule has 0 bridgehead atoms. The fraction of sp³-hybridized carbons (Fsp3) is 0.214. The summed E-state index contributed by atoms with van der Waals surface area (Å²) in [6.45, 7) is 2.84. The van der Waals surface area contributed by atoms with Gasteiger partial charge in [-0.25, -0.2) is 0 Å². The lowest BCUT2D eigenvalue weighted by molar-refractivity contribution is 0.318. The van der Waals surface area contributed by atoms with E-state index in [1.807, 2.05) is 42.5 Å². The van der Waals surface area contributed by atoms with Crippen molar-refractivity contribution in [2.45, 2.75) is 13.3 Å². The summed E-state index contributed by atoms with van der Waals surface area (Å²) in [7, 11) is 0. The van der Waals surface area contributed by atoms with E-state index in [4.69, 9.17) is 4.74 Å². The van der Waals surface area contributed by atoms with Crippen LogP contribution in [0.2, 0.25) is 0 Å². The Bertz CT molecular complexity index is 439. The number of hydrogen-bond acceptors (Lipinski definition) is 2. The van der Waals surface area contributed by atoms with Crippen LogP contribution in [-0.4, -0.2) is 11.6 Å². The molecule has 0 fully saturated rings. The maximum atomic E-state index is 5.70. The second kappa shape index (κ2) is 5.31. The molecule has 0 N–H and O–H groups in total. The van der Waals surface area contributed by atoms with Gasteiger partial charge in [0.2, 0.25) is 0 Å². The van der Waals surface area contributed by atoms with Crippen molar-refractivity contribution in [3.63, 3.8) is 0 Å². The first-order valence-corrected chi connectivity index (χ1v) is 5.55. The molecule has 0 saturated heterocycles. The van der Waals surface area contributed by atoms with Crippen LogP contribution in [0.15, 0.2) is 48.7 Å². The highest BCUT2D eigenvalue weighted by Gasteiger charge is 2.05. The van der Waals surface area contributed by atoms with Gasteiger partial charge in [-0.2, -0.15) is 0 Å². The normalized spacial score (nSPS) is 10.1. The number of pyridine rings is 1. The van der Waals surface area contributed by atoms with Gasteiger partial charge in [0.15, 0.2) is 0 Å². The Balaban J connectivity index is 2.33. The Morgan fingerprint density at radius 2 is 1.88 bits per heavy atom. The summed E-state index contributed by atoms with van der Waals surface area (Å²) in [6, 6.07) is 13.9. The molecule has 2 aromatic rings. The van der Waals surface area contributed by atoms with E-state index in [1.54, 1.807) is 6.20 Å². The molecular weight excluding hydrogens is 198 g/mol. The minimum absolute atomic E-state index is 0.740. The Hall–Kier alpha value is -1.83. The number of rotatable bonds is 4. The van der Waals surface area contributed by atoms with Crippen molar-refractivity contribution in [1.29, 1.82) is 0 Å². The summed E-state index contributed by atoms with van der Waals surface area (Å²) in [5, 5.41) is 0. The molecule has 0 amide bonds. The summed E-state index contributed by atoms with van der Waals surface area (Å²) in [5.41, 5.74) is 2.01. The first-order valence-electron chi connectivity index (χ1n) is 5.55. The predicted octanol–water partition coefficient (Wildman–Crippen LogP) is 3.54. The molecule has 0 radical (unpaired) electrons. The van der Waals surface area contributed by atoms with Crippen molar-refractivity contribution in [3.05, 3.63) is 48.7 Å². The summed E-state index contributed by atoms with van der Waals surface area (Å²) < 4.78 is 5.70. The summed E-state index contributed by atoms with van der Waals surface area (Å²) >= 11 is 0. The summed E-state index contributed by atoms with van der Waals surface area (Å²) in [6.07, 6.45) is 2.81. The standard InChI is InChI=1S/C14H15NO/c1-2-11-16-14-9-4-3-7-12(14)13-8-5-6-10-15-13/h3-10H,2,11H2,1H3. The molecule has 16 heavy (non-hydrogen) atoms. The predicted molar refractivity (Wildman–Crippen MR) is 65.5 cm³/mol. The van der Waals surface area contributed by atoms with Crippen molar-refractivity contribution < 1.29 is 4.74 Å². The molecule has 1 aromatic heterocycles. The first kappa shape index (κ1) is 10.7. The van der Waals surface area contributed by atoms with E-state index in [2.05, 4.69) is 11.9 Å². The maximum Gasteiger partial charge on any atom is 0.128 e. The third kappa shape index (κ3) is 2.40. The number of ether oxygens (including phenoxy) is 1. The minimum Gasteiger partial charge on any atom is -0.493 e. The minimum atomic E-state index is 0.740. The molecule has 0 atom stereocenters. The summed E-state index contributed by atoms with van der Waals surface area (Å²) in [5.74, 6) is 0.906. The Morgan fingerprint density at radius 1 is 1.06 bits per heavy atom. The van der Waals surface area contributed by atoms with Crippen LogP contribution < -0.4 is 4.74 Å². The van der Waals surface area contributed by atoms with Crippen LogP contribution in [0.1, 0.15) is 13.3 Å². The van der Waals surface area contributed by atoms with Gasteiger partial charge in [-0.05, 0) is 30.7 Å². The highest BCUT2D eigenvalue weighted by Crippen LogP contribution is 2.27. The Kier molecular flexibility index (Phi) is 3.54. The molecule has 82 valence electrons. The van der Waals surface area contributed by atoms with Gasteiger partial charge in [0.1, 0.15) is 5.75 Å². The van der Waals surface area contributed by atoms with E-state index >= 15 is 0 Å². The smallest absolute Gasteiger partial charge is 0.128 e. The van der Waals surface area contributed by atoms with Crippen LogP contribution in [-0.2, 0) is 0 Å². The topological polar surface area (TPSA) is 22.1 Å². The van der Waals surface area contributed by atoms with Crippen LogP contribution in [0.25, 0.3) is 11.3 Å². The fourth-order valence-corrected chi connectivity index (χ4v) is 1.54. The van der Waals surface area contributed by atoms with E-state index in [1.165, 1.54) is 0 Å². The van der Waals surface area contributed by atoms with E-state index in [0.717, 1.165) is 30.0 Å². The van der Waals surface area contributed by atoms with Crippen LogP contribution in [0.5, 0.6) is 5.75 Å². The third-order valence-electron chi connectivity index (χ3n) is 2.29. The fourth-order valence-electron chi connectivity index (χ4n) is 1.54. The van der Waals surface area contributed by atoms with Gasteiger partial charge in [-0.1, -0.05) is 25.1 Å². The lowest BCUT2D eigenvalue weighted by Gasteiger charge is -2.09. The molecule has 2 nitrogen and oxygen atoms in total. The number of benzene rings is 1. The number of aromatic nitrogens is 1. The van der Waals surface area contributed by atoms with Gasteiger partial charge in [0, 0.05) is 11.8 Å². The first-order chi connectivity index (χ1) is 7.92. The van der Waals surface area contributed by atoms with Gasteiger partial charge >= 0.3 is 0 Å². The van der Waals surface area contributed by atoms with Crippen molar-refractivity contribution in [2.24, 2.45) is 0 Å². The second-order valence-electron chi connectivity index (χ2n) is 3.56. The number of para-hydroxylation sites is 1. The lowest BCUT2D eigenvalue weighted by atomic mass is 10.1. The molecule has 0 saturated carbocycles. The van der Waals surface area contributed by atoms with E-state index in [9.17, 15) is 0 Å². The quantitative estimate of drug-likeness (QED) is 0.775. The van der Waals surface area contributed by atoms with Crippen molar-refractivity contribution in [2.75, 3.05) is 6.61 Å². The van der Waals surface area contributed by atoms with Gasteiger partial charge in [0.25, 0.3) is 0 Å². The number of hydrogen-bond donors (Lipinski definition) is 0. The molecule has 1 aromatic carbocycles. The van der Waals surface area contributed by atoms with E-state index in [-0.39, 0.29) is 0 Å². The molecule has 0 spiro atoms. The van der Waals surface area contributed by atoms with Crippen LogP contribution in [0, 0.1) is 0 Å². The molecule has 0 unspecified atom stereocenters. The highest BCUT2D eigenvalue weighted by atomic mass is 16.5. The molecule has 2 rings (SSSR count). The molecule has 0 aliphatic heterocycles. The van der Waals surface area contributed by atoms with Gasteiger partial charge in [-0.3, -0.25) is 4.98 Å². The molecular formula is C14H15NO. The summed E-state index contributed by atoms with van der Waals surface area (Å²) in [4.78, 5) is 4.34. The van der Waals surface area contributed by atoms with Crippen molar-refractivity contribution in [3.8, 4) is 17.0 Å². The maximum absolute atomic E-state index is 5.70. The zero-order valence-electron chi connectivity index (χ0n) is 9.39. The molecule has 0 aliphatic rings. The second-order valence-corrected chi connectivity index (χ2v) is 3.56. The monoisotopic (exact) mass is 213 g/mol. The third-order valence-corrected chi connectivity index (χ3v) is 2.29. The SMILES string of the molecule is CCCOc1ccccc1-c1ccccn1. The van der Waals surface area contributed by atoms with Crippen LogP contribution in [0.4, 0.5) is 0 Å². The Labute approximate surface area is 95.9 Å². The van der Waals surface area contributed by atoms with Crippen molar-refractivity contribution in [1.82, 2.24) is 4.98 Å². The van der Waals surface area contributed by atoms with Gasteiger partial charge in [-0.15, -0.1) is 0 Å². The van der Waals surface area contributed by atoms with E-state index in [0.29, 0.717) is 0 Å². The lowest BCUT2D eigenvalue weighted by Crippen LogP contribution is -1.97. The van der Waals surface area contributed by atoms with Crippen molar-refractivity contribution >= 4 is 0 Å². The van der Waals surface area contributed by atoms with E-state index < -0.39 is 0 Å².